The number of nitrogens with one attached hydrogen (secondary N) is 1. The summed E-state index contributed by atoms with van der Waals surface area (Å²) in [6, 6.07) is 9.20. The van der Waals surface area contributed by atoms with Crippen LogP contribution in [-0.4, -0.2) is 54.2 Å². The third-order valence-corrected chi connectivity index (χ3v) is 4.84. The van der Waals surface area contributed by atoms with Crippen LogP contribution in [-0.2, 0) is 4.74 Å². The Morgan fingerprint density at radius 2 is 2.22 bits per heavy atom. The van der Waals surface area contributed by atoms with E-state index in [2.05, 4.69) is 15.2 Å². The summed E-state index contributed by atoms with van der Waals surface area (Å²) in [5.41, 5.74) is 0.852. The second-order valence-corrected chi connectivity index (χ2v) is 6.79. The number of hydrogen-bond donors (Lipinski definition) is 1. The molecule has 0 spiro atoms. The first-order chi connectivity index (χ1) is 13.2. The van der Waals surface area contributed by atoms with Gasteiger partial charge in [-0.3, -0.25) is 0 Å². The molecule has 2 aliphatic rings. The predicted octanol–water partition coefficient (Wildman–Crippen LogP) is 2.94. The van der Waals surface area contributed by atoms with E-state index in [1.807, 2.05) is 18.2 Å². The molecule has 142 valence electrons. The maximum Gasteiger partial charge on any atom is 0.231 e. The maximum absolute atomic E-state index is 6.01. The van der Waals surface area contributed by atoms with E-state index in [1.165, 1.54) is 0 Å². The van der Waals surface area contributed by atoms with Crippen LogP contribution in [0.25, 0.3) is 0 Å². The highest BCUT2D eigenvalue weighted by Crippen LogP contribution is 2.34. The van der Waals surface area contributed by atoms with Crippen LogP contribution in [0.4, 0.5) is 5.69 Å². The molecule has 0 bridgehead atoms. The molecule has 1 aromatic carbocycles. The van der Waals surface area contributed by atoms with Crippen LogP contribution in [0.5, 0.6) is 17.2 Å². The monoisotopic (exact) mass is 407 g/mol. The van der Waals surface area contributed by atoms with Crippen molar-refractivity contribution >= 4 is 34.6 Å². The van der Waals surface area contributed by atoms with Gasteiger partial charge in [0.2, 0.25) is 6.79 Å². The number of thiocarbonyl (C=S) groups is 1. The average Bonchev–Trinajstić information content (AvgIpc) is 3.15. The van der Waals surface area contributed by atoms with Crippen LogP contribution in [0.3, 0.4) is 0 Å². The van der Waals surface area contributed by atoms with Gasteiger partial charge in [0, 0.05) is 31.0 Å². The van der Waals surface area contributed by atoms with E-state index in [4.69, 9.17) is 42.8 Å². The highest BCUT2D eigenvalue weighted by molar-refractivity contribution is 7.80. The summed E-state index contributed by atoms with van der Waals surface area (Å²) in [7, 11) is 0. The Morgan fingerprint density at radius 3 is 3.11 bits per heavy atom. The predicted molar refractivity (Wildman–Crippen MR) is 105 cm³/mol. The van der Waals surface area contributed by atoms with Gasteiger partial charge < -0.3 is 29.2 Å². The number of morpholine rings is 1. The van der Waals surface area contributed by atoms with Crippen molar-refractivity contribution in [2.24, 2.45) is 0 Å². The second-order valence-electron chi connectivity index (χ2n) is 6.04. The third-order valence-electron chi connectivity index (χ3n) is 4.20. The first kappa shape index (κ1) is 18.1. The van der Waals surface area contributed by atoms with Crippen molar-refractivity contribution in [3.05, 3.63) is 41.7 Å². The number of pyridine rings is 1. The van der Waals surface area contributed by atoms with Gasteiger partial charge in [-0.2, -0.15) is 0 Å². The number of rotatable bonds is 4. The summed E-state index contributed by atoms with van der Waals surface area (Å²) in [6.45, 7) is 2.51. The summed E-state index contributed by atoms with van der Waals surface area (Å²) in [5, 5.41) is 4.20. The molecule has 27 heavy (non-hydrogen) atoms. The summed E-state index contributed by atoms with van der Waals surface area (Å²) >= 11 is 11.6. The van der Waals surface area contributed by atoms with E-state index in [0.717, 1.165) is 11.4 Å². The number of benzene rings is 1. The SMILES string of the molecule is S=C(Nc1ccc2c(c1)OCO2)N1CCOC(COc2cccnc2Cl)C1. The molecule has 1 aromatic heterocycles. The minimum Gasteiger partial charge on any atom is -0.488 e. The Balaban J connectivity index is 1.32. The van der Waals surface area contributed by atoms with Crippen LogP contribution in [0.1, 0.15) is 0 Å². The summed E-state index contributed by atoms with van der Waals surface area (Å²) < 4.78 is 22.2. The van der Waals surface area contributed by atoms with Gasteiger partial charge in [0.15, 0.2) is 27.5 Å². The van der Waals surface area contributed by atoms with E-state index < -0.39 is 0 Å². The fourth-order valence-electron chi connectivity index (χ4n) is 2.84. The molecule has 1 saturated heterocycles. The van der Waals surface area contributed by atoms with Gasteiger partial charge in [0.25, 0.3) is 0 Å². The molecule has 3 heterocycles. The molecule has 1 fully saturated rings. The minimum atomic E-state index is -0.119. The van der Waals surface area contributed by atoms with Gasteiger partial charge in [-0.05, 0) is 36.5 Å². The molecule has 9 heteroatoms. The quantitative estimate of drug-likeness (QED) is 0.613. The van der Waals surface area contributed by atoms with Crippen molar-refractivity contribution in [3.63, 3.8) is 0 Å². The number of fused-ring (bicyclic) bond motifs is 1. The molecule has 2 aliphatic heterocycles. The van der Waals surface area contributed by atoms with Gasteiger partial charge in [-0.1, -0.05) is 11.6 Å². The van der Waals surface area contributed by atoms with Crippen molar-refractivity contribution in [1.29, 1.82) is 0 Å². The molecular formula is C18H18ClN3O4S. The Hall–Kier alpha value is -2.29. The number of nitrogens with zero attached hydrogens (tertiary/aromatic N) is 2. The first-order valence-electron chi connectivity index (χ1n) is 8.49. The van der Waals surface area contributed by atoms with Gasteiger partial charge >= 0.3 is 0 Å². The van der Waals surface area contributed by atoms with Crippen LogP contribution < -0.4 is 19.5 Å². The smallest absolute Gasteiger partial charge is 0.231 e. The average molecular weight is 408 g/mol. The minimum absolute atomic E-state index is 0.119. The number of anilines is 1. The Kier molecular flexibility index (Phi) is 5.47. The highest BCUT2D eigenvalue weighted by atomic mass is 35.5. The molecule has 0 saturated carbocycles. The summed E-state index contributed by atoms with van der Waals surface area (Å²) in [4.78, 5) is 6.05. The van der Waals surface area contributed by atoms with Crippen molar-refractivity contribution in [3.8, 4) is 17.2 Å². The largest absolute Gasteiger partial charge is 0.488 e. The number of aromatic nitrogens is 1. The third kappa shape index (κ3) is 4.35. The highest BCUT2D eigenvalue weighted by Gasteiger charge is 2.24. The van der Waals surface area contributed by atoms with E-state index in [0.29, 0.717) is 48.1 Å². The lowest BCUT2D eigenvalue weighted by Crippen LogP contribution is -2.49. The van der Waals surface area contributed by atoms with Crippen LogP contribution in [0, 0.1) is 0 Å². The van der Waals surface area contributed by atoms with Crippen molar-refractivity contribution in [1.82, 2.24) is 9.88 Å². The Labute approximate surface area is 167 Å². The molecule has 2 aromatic rings. The summed E-state index contributed by atoms with van der Waals surface area (Å²) in [6.07, 6.45) is 1.50. The molecule has 1 N–H and O–H groups in total. The summed E-state index contributed by atoms with van der Waals surface area (Å²) in [5.74, 6) is 1.99. The number of hydrogen-bond acceptors (Lipinski definition) is 6. The topological polar surface area (TPSA) is 65.1 Å². The van der Waals surface area contributed by atoms with Gasteiger partial charge in [0.05, 0.1) is 6.61 Å². The second kappa shape index (κ2) is 8.16. The normalized spacial score (nSPS) is 18.3. The Bertz CT molecular complexity index is 838. The molecule has 1 atom stereocenters. The van der Waals surface area contributed by atoms with Crippen LogP contribution in [0.2, 0.25) is 5.15 Å². The number of halogens is 1. The van der Waals surface area contributed by atoms with E-state index in [9.17, 15) is 0 Å². The lowest BCUT2D eigenvalue weighted by atomic mass is 10.2. The fourth-order valence-corrected chi connectivity index (χ4v) is 3.30. The van der Waals surface area contributed by atoms with Crippen molar-refractivity contribution < 1.29 is 18.9 Å². The molecule has 0 aliphatic carbocycles. The first-order valence-corrected chi connectivity index (χ1v) is 9.28. The van der Waals surface area contributed by atoms with Crippen molar-refractivity contribution in [2.75, 3.05) is 38.4 Å². The van der Waals surface area contributed by atoms with Crippen LogP contribution >= 0.6 is 23.8 Å². The molecule has 4 rings (SSSR count). The van der Waals surface area contributed by atoms with Crippen molar-refractivity contribution in [2.45, 2.75) is 6.10 Å². The van der Waals surface area contributed by atoms with E-state index in [1.54, 1.807) is 18.3 Å². The lowest BCUT2D eigenvalue weighted by Gasteiger charge is -2.34. The Morgan fingerprint density at radius 1 is 1.33 bits per heavy atom. The molecular weight excluding hydrogens is 390 g/mol. The van der Waals surface area contributed by atoms with Gasteiger partial charge in [-0.15, -0.1) is 0 Å². The fraction of sp³-hybridized carbons (Fsp3) is 0.333. The molecule has 1 unspecified atom stereocenters. The molecule has 0 radical (unpaired) electrons. The van der Waals surface area contributed by atoms with Gasteiger partial charge in [0.1, 0.15) is 12.7 Å². The van der Waals surface area contributed by atoms with E-state index >= 15 is 0 Å². The number of ether oxygens (including phenoxy) is 4. The molecule has 7 nitrogen and oxygen atoms in total. The lowest BCUT2D eigenvalue weighted by molar-refractivity contribution is -0.0280. The van der Waals surface area contributed by atoms with Crippen LogP contribution in [0.15, 0.2) is 36.5 Å². The van der Waals surface area contributed by atoms with Gasteiger partial charge in [-0.25, -0.2) is 4.98 Å². The van der Waals surface area contributed by atoms with E-state index in [-0.39, 0.29) is 12.9 Å². The zero-order valence-electron chi connectivity index (χ0n) is 14.4. The zero-order chi connectivity index (χ0) is 18.6. The standard InChI is InChI=1S/C18H18ClN3O4S/c19-17-15(2-1-5-20-17)24-10-13-9-22(6-7-23-13)18(27)21-12-3-4-14-16(8-12)26-11-25-14/h1-5,8,13H,6-7,9-11H2,(H,21,27). The molecule has 0 amide bonds. The maximum atomic E-state index is 6.01. The zero-order valence-corrected chi connectivity index (χ0v) is 16.0.